The molecule has 7 heavy (non-hydrogen) atoms. The predicted molar refractivity (Wildman–Crippen MR) is 34.1 cm³/mol. The molecule has 0 aliphatic rings. The average Bonchev–Trinajstić information content (AvgIpc) is 1.30. The van der Waals surface area contributed by atoms with Gasteiger partial charge in [0, 0.05) is 0 Å². The summed E-state index contributed by atoms with van der Waals surface area (Å²) in [4.78, 5) is 0. The summed E-state index contributed by atoms with van der Waals surface area (Å²) >= 11 is 11.0. The fourth-order valence-electron chi connectivity index (χ4n) is 0.166. The van der Waals surface area contributed by atoms with E-state index in [4.69, 9.17) is 22.2 Å². The van der Waals surface area contributed by atoms with Crippen molar-refractivity contribution in [1.29, 1.82) is 0 Å². The molecule has 0 aromatic rings. The molecule has 0 atom stereocenters. The van der Waals surface area contributed by atoms with E-state index < -0.39 is 13.4 Å². The van der Waals surface area contributed by atoms with Crippen molar-refractivity contribution in [3.8, 4) is 0 Å². The van der Waals surface area contributed by atoms with Gasteiger partial charge in [-0.25, -0.2) is 0 Å². The van der Waals surface area contributed by atoms with Crippen molar-refractivity contribution in [3.05, 3.63) is 0 Å². The largest absolute Gasteiger partial charge is 0.251 e. The summed E-state index contributed by atoms with van der Waals surface area (Å²) < 4.78 is 11.4. The van der Waals surface area contributed by atoms with Gasteiger partial charge in [0.1, 0.15) is 0 Å². The Bertz CT molecular complexity index is 51.4. The first-order valence-corrected chi connectivity index (χ1v) is 6.73. The zero-order valence-corrected chi connectivity index (χ0v) is 6.56. The predicted octanol–water partition coefficient (Wildman–Crippen LogP) is 2.51. The molecule has 0 aliphatic heterocycles. The lowest BCUT2D eigenvalue weighted by atomic mass is 10.9. The number of rotatable bonds is 2. The molecule has 0 rings (SSSR count). The lowest BCUT2D eigenvalue weighted by molar-refractivity contribution is 0.525. The zero-order chi connectivity index (χ0) is 5.91. The van der Waals surface area contributed by atoms with E-state index in [9.17, 15) is 4.39 Å². The minimum atomic E-state index is -2.09. The third kappa shape index (κ3) is 6.73. The summed E-state index contributed by atoms with van der Waals surface area (Å²) in [7, 11) is 0. The van der Waals surface area contributed by atoms with Gasteiger partial charge in [-0.3, -0.25) is 4.39 Å². The van der Waals surface area contributed by atoms with E-state index in [2.05, 4.69) is 0 Å². The van der Waals surface area contributed by atoms with Crippen molar-refractivity contribution in [2.75, 3.05) is 6.67 Å². The van der Waals surface area contributed by atoms with E-state index in [0.717, 1.165) is 0 Å². The number of alkyl halides is 1. The highest BCUT2D eigenvalue weighted by atomic mass is 35.7. The molecule has 4 heteroatoms. The Labute approximate surface area is 53.0 Å². The van der Waals surface area contributed by atoms with Crippen LogP contribution in [0.5, 0.6) is 0 Å². The Kier molecular flexibility index (Phi) is 3.20. The van der Waals surface area contributed by atoms with E-state index in [1.807, 2.05) is 0 Å². The Morgan fingerprint density at radius 1 is 1.57 bits per heavy atom. The van der Waals surface area contributed by atoms with Gasteiger partial charge in [-0.15, -0.1) is 22.2 Å². The smallest absolute Gasteiger partial charge is 0.250 e. The molecule has 0 radical (unpaired) electrons. The topological polar surface area (TPSA) is 0 Å². The maximum absolute atomic E-state index is 11.4. The molecule has 44 valence electrons. The first-order chi connectivity index (χ1) is 3.06. The van der Waals surface area contributed by atoms with Gasteiger partial charge in [0.15, 0.2) is 0 Å². The van der Waals surface area contributed by atoms with Gasteiger partial charge in [-0.05, 0) is 12.6 Å². The van der Waals surface area contributed by atoms with Gasteiger partial charge in [0.2, 0.25) is 0 Å². The first-order valence-electron chi connectivity index (χ1n) is 2.00. The molecule has 0 heterocycles. The number of hydrogen-bond donors (Lipinski definition) is 0. The first kappa shape index (κ1) is 7.73. The van der Waals surface area contributed by atoms with Crippen LogP contribution in [0.15, 0.2) is 0 Å². The third-order valence-electron chi connectivity index (χ3n) is 0.533. The van der Waals surface area contributed by atoms with Gasteiger partial charge in [0.05, 0.1) is 6.67 Å². The second-order valence-electron chi connectivity index (χ2n) is 1.51. The van der Waals surface area contributed by atoms with Crippen LogP contribution < -0.4 is 0 Å². The van der Waals surface area contributed by atoms with E-state index in [0.29, 0.717) is 6.04 Å². The SMILES string of the molecule is C[Si](Cl)(Cl)CCF. The molecular formula is C3H7Cl2FSi. The number of halogens is 3. The van der Waals surface area contributed by atoms with Crippen molar-refractivity contribution in [2.45, 2.75) is 12.6 Å². The minimum Gasteiger partial charge on any atom is -0.251 e. The molecule has 0 unspecified atom stereocenters. The molecular weight excluding hydrogens is 154 g/mol. The quantitative estimate of drug-likeness (QED) is 0.431. The van der Waals surface area contributed by atoms with Crippen LogP contribution in [0.4, 0.5) is 4.39 Å². The second kappa shape index (κ2) is 2.90. The average molecular weight is 161 g/mol. The Morgan fingerprint density at radius 2 is 2.00 bits per heavy atom. The molecule has 0 saturated carbocycles. The Morgan fingerprint density at radius 3 is 2.00 bits per heavy atom. The van der Waals surface area contributed by atoms with E-state index in [1.165, 1.54) is 0 Å². The molecule has 0 spiro atoms. The van der Waals surface area contributed by atoms with Crippen molar-refractivity contribution < 1.29 is 4.39 Å². The van der Waals surface area contributed by atoms with Crippen molar-refractivity contribution in [1.82, 2.24) is 0 Å². The van der Waals surface area contributed by atoms with Crippen LogP contribution in [0.25, 0.3) is 0 Å². The summed E-state index contributed by atoms with van der Waals surface area (Å²) in [6.45, 7) is -0.777. The molecule has 0 nitrogen and oxygen atoms in total. The van der Waals surface area contributed by atoms with Gasteiger partial charge in [-0.1, -0.05) is 0 Å². The zero-order valence-electron chi connectivity index (χ0n) is 4.05. The Hall–Kier alpha value is 0.727. The van der Waals surface area contributed by atoms with Crippen LogP contribution >= 0.6 is 22.2 Å². The van der Waals surface area contributed by atoms with Gasteiger partial charge >= 0.3 is 0 Å². The van der Waals surface area contributed by atoms with Crippen LogP contribution in [-0.4, -0.2) is 13.4 Å². The monoisotopic (exact) mass is 160 g/mol. The third-order valence-corrected chi connectivity index (χ3v) is 2.73. The highest BCUT2D eigenvalue weighted by Gasteiger charge is 2.19. The maximum atomic E-state index is 11.4. The lowest BCUT2D eigenvalue weighted by Crippen LogP contribution is -2.12. The van der Waals surface area contributed by atoms with Gasteiger partial charge < -0.3 is 0 Å². The highest BCUT2D eigenvalue weighted by Crippen LogP contribution is 2.18. The second-order valence-corrected chi connectivity index (χ2v) is 9.74. The molecule has 0 aliphatic carbocycles. The van der Waals surface area contributed by atoms with Crippen LogP contribution in [-0.2, 0) is 0 Å². The van der Waals surface area contributed by atoms with Crippen molar-refractivity contribution >= 4 is 28.9 Å². The molecule has 0 saturated heterocycles. The maximum Gasteiger partial charge on any atom is 0.250 e. The molecule has 0 bridgehead atoms. The molecule has 0 fully saturated rings. The minimum absolute atomic E-state index is 0.343. The fraction of sp³-hybridized carbons (Fsp3) is 1.00. The molecule has 0 aromatic carbocycles. The summed E-state index contributed by atoms with van der Waals surface area (Å²) in [5.41, 5.74) is 0. The molecule has 0 aromatic heterocycles. The van der Waals surface area contributed by atoms with E-state index in [1.54, 1.807) is 6.55 Å². The normalized spacial score (nSPS) is 12.0. The van der Waals surface area contributed by atoms with Crippen LogP contribution in [0.3, 0.4) is 0 Å². The summed E-state index contributed by atoms with van der Waals surface area (Å²) in [6, 6.07) is 0.343. The fourth-order valence-corrected chi connectivity index (χ4v) is 0.926. The molecule has 0 N–H and O–H groups in total. The van der Waals surface area contributed by atoms with Gasteiger partial charge in [-0.2, -0.15) is 0 Å². The highest BCUT2D eigenvalue weighted by molar-refractivity contribution is 7.44. The van der Waals surface area contributed by atoms with Crippen molar-refractivity contribution in [3.63, 3.8) is 0 Å². The number of hydrogen-bond acceptors (Lipinski definition) is 0. The Balaban J connectivity index is 3.15. The van der Waals surface area contributed by atoms with Crippen LogP contribution in [0.1, 0.15) is 0 Å². The summed E-state index contributed by atoms with van der Waals surface area (Å²) in [6.07, 6.45) is 0. The lowest BCUT2D eigenvalue weighted by Gasteiger charge is -2.03. The molecule has 0 amide bonds. The summed E-state index contributed by atoms with van der Waals surface area (Å²) in [5, 5.41) is 0. The van der Waals surface area contributed by atoms with E-state index >= 15 is 0 Å². The standard InChI is InChI=1S/C3H7Cl2FSi/c1-7(4,5)3-2-6/h2-3H2,1H3. The van der Waals surface area contributed by atoms with E-state index in [-0.39, 0.29) is 0 Å². The summed E-state index contributed by atoms with van der Waals surface area (Å²) in [5.74, 6) is 0. The van der Waals surface area contributed by atoms with Crippen LogP contribution in [0.2, 0.25) is 12.6 Å². The van der Waals surface area contributed by atoms with Crippen LogP contribution in [0, 0.1) is 0 Å². The van der Waals surface area contributed by atoms with Crippen molar-refractivity contribution in [2.24, 2.45) is 0 Å². The van der Waals surface area contributed by atoms with Gasteiger partial charge in [0.25, 0.3) is 6.69 Å².